The summed E-state index contributed by atoms with van der Waals surface area (Å²) in [5.74, 6) is -0.680. The Hall–Kier alpha value is -1.11. The van der Waals surface area contributed by atoms with E-state index in [-0.39, 0.29) is 17.4 Å². The number of hydrogen-bond acceptors (Lipinski definition) is 5. The Bertz CT molecular complexity index is 459. The van der Waals surface area contributed by atoms with Gasteiger partial charge in [0.15, 0.2) is 9.84 Å². The van der Waals surface area contributed by atoms with E-state index in [1.165, 1.54) is 12.0 Å². The van der Waals surface area contributed by atoms with E-state index in [1.807, 2.05) is 6.92 Å². The maximum atomic E-state index is 12.3. The van der Waals surface area contributed by atoms with Crippen LogP contribution in [0.4, 0.5) is 0 Å². The average molecular weight is 305 g/mol. The molecule has 0 saturated carbocycles. The molecule has 1 aliphatic heterocycles. The van der Waals surface area contributed by atoms with Gasteiger partial charge < -0.3 is 9.64 Å². The quantitative estimate of drug-likeness (QED) is 0.677. The van der Waals surface area contributed by atoms with E-state index in [0.717, 1.165) is 12.8 Å². The molecule has 0 aromatic carbocycles. The number of unbranched alkanes of at least 4 members (excludes halogenated alkanes) is 1. The molecule has 1 fully saturated rings. The molecule has 0 aliphatic carbocycles. The fourth-order valence-corrected chi connectivity index (χ4v) is 4.18. The predicted octanol–water partition coefficient (Wildman–Crippen LogP) is 0.754. The first kappa shape index (κ1) is 16.9. The highest BCUT2D eigenvalue weighted by Crippen LogP contribution is 2.22. The van der Waals surface area contributed by atoms with E-state index < -0.39 is 27.9 Å². The summed E-state index contributed by atoms with van der Waals surface area (Å²) >= 11 is 0. The molecule has 1 amide bonds. The zero-order chi connectivity index (χ0) is 15.3. The molecule has 1 aliphatic rings. The SMILES string of the molecule is CCCCC(=O)N([C@@H]1CCS(=O)(=O)C1)[C@H](C)C(=O)OC. The molecule has 6 nitrogen and oxygen atoms in total. The first-order chi connectivity index (χ1) is 9.32. The van der Waals surface area contributed by atoms with Crippen molar-refractivity contribution < 1.29 is 22.7 Å². The van der Waals surface area contributed by atoms with E-state index in [1.54, 1.807) is 6.92 Å². The van der Waals surface area contributed by atoms with Gasteiger partial charge in [0, 0.05) is 12.5 Å². The molecule has 1 saturated heterocycles. The highest BCUT2D eigenvalue weighted by molar-refractivity contribution is 7.91. The summed E-state index contributed by atoms with van der Waals surface area (Å²) in [6, 6.07) is -1.17. The van der Waals surface area contributed by atoms with Gasteiger partial charge in [-0.05, 0) is 19.8 Å². The molecule has 20 heavy (non-hydrogen) atoms. The Labute approximate surface area is 120 Å². The van der Waals surface area contributed by atoms with Crippen molar-refractivity contribution in [2.45, 2.75) is 51.6 Å². The van der Waals surface area contributed by atoms with Gasteiger partial charge in [-0.1, -0.05) is 13.3 Å². The predicted molar refractivity (Wildman–Crippen MR) is 74.9 cm³/mol. The molecule has 0 N–H and O–H groups in total. The molecule has 0 aromatic rings. The molecule has 0 aromatic heterocycles. The lowest BCUT2D eigenvalue weighted by atomic mass is 10.1. The normalized spacial score (nSPS) is 22.2. The third-order valence-corrected chi connectivity index (χ3v) is 5.34. The number of rotatable bonds is 6. The van der Waals surface area contributed by atoms with Crippen molar-refractivity contribution >= 4 is 21.7 Å². The first-order valence-electron chi connectivity index (χ1n) is 6.91. The summed E-state index contributed by atoms with van der Waals surface area (Å²) in [5.41, 5.74) is 0. The summed E-state index contributed by atoms with van der Waals surface area (Å²) in [5, 5.41) is 0. The van der Waals surface area contributed by atoms with Crippen LogP contribution >= 0.6 is 0 Å². The number of sulfone groups is 1. The van der Waals surface area contributed by atoms with E-state index in [4.69, 9.17) is 0 Å². The van der Waals surface area contributed by atoms with Crippen LogP contribution in [0, 0.1) is 0 Å². The van der Waals surface area contributed by atoms with E-state index >= 15 is 0 Å². The smallest absolute Gasteiger partial charge is 0.328 e. The topological polar surface area (TPSA) is 80.8 Å². The van der Waals surface area contributed by atoms with E-state index in [2.05, 4.69) is 4.74 Å². The van der Waals surface area contributed by atoms with Crippen LogP contribution in [0.1, 0.15) is 39.5 Å². The Kier molecular flexibility index (Phi) is 5.98. The van der Waals surface area contributed by atoms with Crippen molar-refractivity contribution in [3.63, 3.8) is 0 Å². The van der Waals surface area contributed by atoms with Gasteiger partial charge in [-0.2, -0.15) is 0 Å². The minimum Gasteiger partial charge on any atom is -0.467 e. The summed E-state index contributed by atoms with van der Waals surface area (Å²) < 4.78 is 27.9. The van der Waals surface area contributed by atoms with Crippen LogP contribution in [0.25, 0.3) is 0 Å². The van der Waals surface area contributed by atoms with Crippen molar-refractivity contribution in [2.75, 3.05) is 18.6 Å². The van der Waals surface area contributed by atoms with Gasteiger partial charge in [0.25, 0.3) is 0 Å². The van der Waals surface area contributed by atoms with Gasteiger partial charge in [-0.3, -0.25) is 4.79 Å². The standard InChI is InChI=1S/C13H23NO5S/c1-4-5-6-12(15)14(10(2)13(16)19-3)11-7-8-20(17,18)9-11/h10-11H,4-9H2,1-3H3/t10-,11-/m1/s1. The molecule has 0 unspecified atom stereocenters. The highest BCUT2D eigenvalue weighted by atomic mass is 32.2. The monoisotopic (exact) mass is 305 g/mol. The number of esters is 1. The molecular weight excluding hydrogens is 282 g/mol. The number of carbonyl (C=O) groups is 2. The zero-order valence-electron chi connectivity index (χ0n) is 12.3. The highest BCUT2D eigenvalue weighted by Gasteiger charge is 2.38. The second-order valence-corrected chi connectivity index (χ2v) is 7.39. The van der Waals surface area contributed by atoms with Gasteiger partial charge in [-0.25, -0.2) is 13.2 Å². The minimum absolute atomic E-state index is 0.0633. The largest absolute Gasteiger partial charge is 0.467 e. The van der Waals surface area contributed by atoms with Crippen LogP contribution in [0.15, 0.2) is 0 Å². The van der Waals surface area contributed by atoms with Crippen molar-refractivity contribution in [3.05, 3.63) is 0 Å². The third kappa shape index (κ3) is 4.19. The maximum Gasteiger partial charge on any atom is 0.328 e. The lowest BCUT2D eigenvalue weighted by molar-refractivity contribution is -0.153. The van der Waals surface area contributed by atoms with Crippen LogP contribution in [-0.4, -0.2) is 55.9 Å². The Morgan fingerprint density at radius 2 is 2.05 bits per heavy atom. The number of ether oxygens (including phenoxy) is 1. The Balaban J connectivity index is 2.90. The summed E-state index contributed by atoms with van der Waals surface area (Å²) in [6.45, 7) is 3.56. The van der Waals surface area contributed by atoms with Crippen LogP contribution in [0.2, 0.25) is 0 Å². The minimum atomic E-state index is -3.11. The van der Waals surface area contributed by atoms with Gasteiger partial charge in [-0.15, -0.1) is 0 Å². The van der Waals surface area contributed by atoms with Crippen molar-refractivity contribution in [1.29, 1.82) is 0 Å². The van der Waals surface area contributed by atoms with Crippen molar-refractivity contribution in [1.82, 2.24) is 4.90 Å². The Morgan fingerprint density at radius 1 is 1.40 bits per heavy atom. The second kappa shape index (κ2) is 7.06. The van der Waals surface area contributed by atoms with Crippen LogP contribution in [-0.2, 0) is 24.2 Å². The number of carbonyl (C=O) groups excluding carboxylic acids is 2. The number of nitrogens with zero attached hydrogens (tertiary/aromatic N) is 1. The molecule has 1 heterocycles. The molecule has 7 heteroatoms. The van der Waals surface area contributed by atoms with Gasteiger partial charge in [0.2, 0.25) is 5.91 Å². The summed E-state index contributed by atoms with van der Waals surface area (Å²) in [6.07, 6.45) is 2.31. The first-order valence-corrected chi connectivity index (χ1v) is 8.74. The van der Waals surface area contributed by atoms with Crippen LogP contribution in [0.3, 0.4) is 0 Å². The van der Waals surface area contributed by atoms with E-state index in [0.29, 0.717) is 12.8 Å². The maximum absolute atomic E-state index is 12.3. The molecule has 1 rings (SSSR count). The fourth-order valence-electron chi connectivity index (χ4n) is 2.47. The van der Waals surface area contributed by atoms with Gasteiger partial charge >= 0.3 is 5.97 Å². The molecule has 2 atom stereocenters. The van der Waals surface area contributed by atoms with Gasteiger partial charge in [0.05, 0.1) is 18.6 Å². The van der Waals surface area contributed by atoms with Crippen LogP contribution < -0.4 is 0 Å². The average Bonchev–Trinajstić information content (AvgIpc) is 2.75. The van der Waals surface area contributed by atoms with Gasteiger partial charge in [0.1, 0.15) is 6.04 Å². The number of hydrogen-bond donors (Lipinski definition) is 0. The molecule has 0 bridgehead atoms. The number of amides is 1. The molecule has 116 valence electrons. The lowest BCUT2D eigenvalue weighted by Gasteiger charge is -2.32. The lowest BCUT2D eigenvalue weighted by Crippen LogP contribution is -2.50. The number of methoxy groups -OCH3 is 1. The van der Waals surface area contributed by atoms with Crippen molar-refractivity contribution in [2.24, 2.45) is 0 Å². The molecular formula is C13H23NO5S. The summed E-state index contributed by atoms with van der Waals surface area (Å²) in [7, 11) is -1.84. The molecule has 0 radical (unpaired) electrons. The second-order valence-electron chi connectivity index (χ2n) is 5.16. The van der Waals surface area contributed by atoms with E-state index in [9.17, 15) is 18.0 Å². The summed E-state index contributed by atoms with van der Waals surface area (Å²) in [4.78, 5) is 25.4. The molecule has 0 spiro atoms. The fraction of sp³-hybridized carbons (Fsp3) is 0.846. The van der Waals surface area contributed by atoms with Crippen LogP contribution in [0.5, 0.6) is 0 Å². The Morgan fingerprint density at radius 3 is 2.50 bits per heavy atom. The zero-order valence-corrected chi connectivity index (χ0v) is 13.1. The third-order valence-electron chi connectivity index (χ3n) is 3.59. The van der Waals surface area contributed by atoms with Crippen molar-refractivity contribution in [3.8, 4) is 0 Å².